The van der Waals surface area contributed by atoms with Gasteiger partial charge in [0.05, 0.1) is 20.3 Å². The third-order valence-corrected chi connectivity index (χ3v) is 5.75. The maximum atomic E-state index is 12.7. The SMILES string of the molecule is COc1ccc(CN2CCN([C@@H](C)C(=O)Nc3ccc(C(C)=O)cc3)CC2)cc1OC. The van der Waals surface area contributed by atoms with Crippen molar-refractivity contribution in [2.45, 2.75) is 26.4 Å². The average Bonchev–Trinajstić information content (AvgIpc) is 2.79. The summed E-state index contributed by atoms with van der Waals surface area (Å²) >= 11 is 0. The molecule has 1 aliphatic heterocycles. The number of nitrogens with one attached hydrogen (secondary N) is 1. The number of carbonyl (C=O) groups excluding carboxylic acids is 2. The van der Waals surface area contributed by atoms with Gasteiger partial charge in [-0.05, 0) is 55.8 Å². The molecule has 0 unspecified atom stereocenters. The van der Waals surface area contributed by atoms with Gasteiger partial charge in [0, 0.05) is 44.0 Å². The number of piperazine rings is 1. The van der Waals surface area contributed by atoms with Crippen molar-refractivity contribution >= 4 is 17.4 Å². The summed E-state index contributed by atoms with van der Waals surface area (Å²) in [4.78, 5) is 28.6. The summed E-state index contributed by atoms with van der Waals surface area (Å²) in [5.41, 5.74) is 2.51. The van der Waals surface area contributed by atoms with Gasteiger partial charge in [-0.3, -0.25) is 19.4 Å². The Morgan fingerprint density at radius 2 is 1.61 bits per heavy atom. The summed E-state index contributed by atoms with van der Waals surface area (Å²) in [6.07, 6.45) is 0. The van der Waals surface area contributed by atoms with Crippen LogP contribution in [0.15, 0.2) is 42.5 Å². The van der Waals surface area contributed by atoms with E-state index in [1.54, 1.807) is 38.5 Å². The Balaban J connectivity index is 1.50. The van der Waals surface area contributed by atoms with E-state index in [2.05, 4.69) is 21.2 Å². The van der Waals surface area contributed by atoms with Gasteiger partial charge < -0.3 is 14.8 Å². The standard InChI is InChI=1S/C24H31N3O4/c1-17(24(29)25-21-8-6-20(7-9-21)18(2)28)27-13-11-26(12-14-27)16-19-5-10-22(30-3)23(15-19)31-4/h5-10,15,17H,11-14,16H2,1-4H3,(H,25,29)/t17-/m0/s1. The van der Waals surface area contributed by atoms with Crippen molar-refractivity contribution in [1.29, 1.82) is 0 Å². The van der Waals surface area contributed by atoms with Gasteiger partial charge in [0.2, 0.25) is 5.91 Å². The highest BCUT2D eigenvalue weighted by molar-refractivity contribution is 5.97. The Morgan fingerprint density at radius 3 is 2.19 bits per heavy atom. The zero-order valence-corrected chi connectivity index (χ0v) is 18.7. The van der Waals surface area contributed by atoms with Crippen LogP contribution in [-0.4, -0.2) is 67.9 Å². The molecule has 0 aromatic heterocycles. The lowest BCUT2D eigenvalue weighted by molar-refractivity contribution is -0.121. The molecule has 166 valence electrons. The summed E-state index contributed by atoms with van der Waals surface area (Å²) in [6.45, 7) is 7.72. The second-order valence-corrected chi connectivity index (χ2v) is 7.80. The quantitative estimate of drug-likeness (QED) is 0.656. The molecule has 1 atom stereocenters. The molecule has 1 N–H and O–H groups in total. The number of anilines is 1. The Morgan fingerprint density at radius 1 is 0.968 bits per heavy atom. The number of carbonyl (C=O) groups is 2. The Bertz CT molecular complexity index is 906. The average molecular weight is 426 g/mol. The van der Waals surface area contributed by atoms with Gasteiger partial charge in [-0.15, -0.1) is 0 Å². The van der Waals surface area contributed by atoms with Crippen molar-refractivity contribution in [2.24, 2.45) is 0 Å². The molecule has 0 aliphatic carbocycles. The van der Waals surface area contributed by atoms with Crippen LogP contribution in [0.25, 0.3) is 0 Å². The number of Topliss-reactive ketones (excluding diaryl/α,β-unsaturated/α-hetero) is 1. The summed E-state index contributed by atoms with van der Waals surface area (Å²) in [5, 5.41) is 2.95. The first-order valence-electron chi connectivity index (χ1n) is 10.5. The van der Waals surface area contributed by atoms with Gasteiger partial charge in [0.1, 0.15) is 0 Å². The monoisotopic (exact) mass is 425 g/mol. The fraction of sp³-hybridized carbons (Fsp3) is 0.417. The Hall–Kier alpha value is -2.90. The highest BCUT2D eigenvalue weighted by Crippen LogP contribution is 2.28. The third kappa shape index (κ3) is 5.83. The van der Waals surface area contributed by atoms with Crippen molar-refractivity contribution in [3.63, 3.8) is 0 Å². The van der Waals surface area contributed by atoms with Crippen molar-refractivity contribution in [1.82, 2.24) is 9.80 Å². The van der Waals surface area contributed by atoms with E-state index in [0.29, 0.717) is 11.3 Å². The third-order valence-electron chi connectivity index (χ3n) is 5.75. The molecule has 0 radical (unpaired) electrons. The van der Waals surface area contributed by atoms with E-state index in [-0.39, 0.29) is 17.7 Å². The molecule has 1 heterocycles. The van der Waals surface area contributed by atoms with Gasteiger partial charge in [0.25, 0.3) is 0 Å². The van der Waals surface area contributed by atoms with Gasteiger partial charge >= 0.3 is 0 Å². The highest BCUT2D eigenvalue weighted by Gasteiger charge is 2.25. The molecular formula is C24H31N3O4. The first-order chi connectivity index (χ1) is 14.9. The minimum Gasteiger partial charge on any atom is -0.493 e. The largest absolute Gasteiger partial charge is 0.493 e. The van der Waals surface area contributed by atoms with Gasteiger partial charge in [-0.1, -0.05) is 6.07 Å². The van der Waals surface area contributed by atoms with E-state index in [1.165, 1.54) is 12.5 Å². The molecule has 2 aromatic carbocycles. The highest BCUT2D eigenvalue weighted by atomic mass is 16.5. The second kappa shape index (κ2) is 10.4. The zero-order valence-electron chi connectivity index (χ0n) is 18.7. The van der Waals surface area contributed by atoms with E-state index in [9.17, 15) is 9.59 Å². The fourth-order valence-corrected chi connectivity index (χ4v) is 3.75. The summed E-state index contributed by atoms with van der Waals surface area (Å²) in [7, 11) is 3.28. The van der Waals surface area contributed by atoms with Crippen LogP contribution in [-0.2, 0) is 11.3 Å². The van der Waals surface area contributed by atoms with Crippen LogP contribution in [0.3, 0.4) is 0 Å². The number of rotatable bonds is 8. The van der Waals surface area contributed by atoms with Crippen LogP contribution < -0.4 is 14.8 Å². The molecular weight excluding hydrogens is 394 g/mol. The molecule has 31 heavy (non-hydrogen) atoms. The second-order valence-electron chi connectivity index (χ2n) is 7.80. The van der Waals surface area contributed by atoms with E-state index < -0.39 is 0 Å². The van der Waals surface area contributed by atoms with E-state index in [0.717, 1.165) is 44.2 Å². The minimum atomic E-state index is -0.226. The topological polar surface area (TPSA) is 71.1 Å². The molecule has 7 nitrogen and oxygen atoms in total. The summed E-state index contributed by atoms with van der Waals surface area (Å²) in [6, 6.07) is 12.8. The number of methoxy groups -OCH3 is 2. The van der Waals surface area contributed by atoms with Crippen LogP contribution in [0.2, 0.25) is 0 Å². The first-order valence-corrected chi connectivity index (χ1v) is 10.5. The van der Waals surface area contributed by atoms with Gasteiger partial charge in [0.15, 0.2) is 17.3 Å². The molecule has 0 spiro atoms. The van der Waals surface area contributed by atoms with Gasteiger partial charge in [-0.25, -0.2) is 0 Å². The molecule has 3 rings (SSSR count). The fourth-order valence-electron chi connectivity index (χ4n) is 3.75. The predicted molar refractivity (Wildman–Crippen MR) is 121 cm³/mol. The Kier molecular flexibility index (Phi) is 7.65. The lowest BCUT2D eigenvalue weighted by Gasteiger charge is -2.37. The molecule has 0 saturated carbocycles. The van der Waals surface area contributed by atoms with Crippen LogP contribution >= 0.6 is 0 Å². The van der Waals surface area contributed by atoms with Gasteiger partial charge in [-0.2, -0.15) is 0 Å². The van der Waals surface area contributed by atoms with Crippen LogP contribution in [0, 0.1) is 0 Å². The van der Waals surface area contributed by atoms with Crippen LogP contribution in [0.5, 0.6) is 11.5 Å². The molecule has 1 aliphatic rings. The number of ether oxygens (including phenoxy) is 2. The summed E-state index contributed by atoms with van der Waals surface area (Å²) in [5.74, 6) is 1.44. The zero-order chi connectivity index (χ0) is 22.4. The number of benzene rings is 2. The molecule has 0 bridgehead atoms. The predicted octanol–water partition coefficient (Wildman–Crippen LogP) is 3.05. The maximum absolute atomic E-state index is 12.7. The molecule has 1 amide bonds. The maximum Gasteiger partial charge on any atom is 0.241 e. The smallest absolute Gasteiger partial charge is 0.241 e. The van der Waals surface area contributed by atoms with Crippen molar-refractivity contribution in [3.05, 3.63) is 53.6 Å². The van der Waals surface area contributed by atoms with E-state index >= 15 is 0 Å². The Labute approximate surface area is 183 Å². The van der Waals surface area contributed by atoms with E-state index in [4.69, 9.17) is 9.47 Å². The lowest BCUT2D eigenvalue weighted by Crippen LogP contribution is -2.52. The molecule has 7 heteroatoms. The van der Waals surface area contributed by atoms with Crippen LogP contribution in [0.1, 0.15) is 29.8 Å². The number of nitrogens with zero attached hydrogens (tertiary/aromatic N) is 2. The van der Waals surface area contributed by atoms with Crippen LogP contribution in [0.4, 0.5) is 5.69 Å². The van der Waals surface area contributed by atoms with Crippen molar-refractivity contribution in [2.75, 3.05) is 45.7 Å². The lowest BCUT2D eigenvalue weighted by atomic mass is 10.1. The normalized spacial score (nSPS) is 15.9. The molecule has 1 fully saturated rings. The van der Waals surface area contributed by atoms with Crippen molar-refractivity contribution < 1.29 is 19.1 Å². The molecule has 1 saturated heterocycles. The van der Waals surface area contributed by atoms with E-state index in [1.807, 2.05) is 19.1 Å². The first kappa shape index (κ1) is 22.8. The molecule has 2 aromatic rings. The number of hydrogen-bond acceptors (Lipinski definition) is 6. The summed E-state index contributed by atoms with van der Waals surface area (Å²) < 4.78 is 10.7. The number of ketones is 1. The van der Waals surface area contributed by atoms with Crippen molar-refractivity contribution in [3.8, 4) is 11.5 Å². The number of hydrogen-bond donors (Lipinski definition) is 1. The number of amides is 1. The minimum absolute atomic E-state index is 0.0113.